The predicted octanol–water partition coefficient (Wildman–Crippen LogP) is 10.9. The normalized spacial score (nSPS) is 17.6. The van der Waals surface area contributed by atoms with Crippen molar-refractivity contribution in [3.63, 3.8) is 0 Å². The molecule has 0 saturated carbocycles. The highest BCUT2D eigenvalue weighted by molar-refractivity contribution is 6.08. The van der Waals surface area contributed by atoms with Gasteiger partial charge < -0.3 is 9.47 Å². The van der Waals surface area contributed by atoms with E-state index in [9.17, 15) is 0 Å². The molecule has 0 N–H and O–H groups in total. The molecule has 44 heavy (non-hydrogen) atoms. The number of fused-ring (bicyclic) bond motifs is 8. The second-order valence-electron chi connectivity index (χ2n) is 13.1. The molecule has 0 fully saturated rings. The summed E-state index contributed by atoms with van der Waals surface area (Å²) in [7, 11) is 1.71. The van der Waals surface area contributed by atoms with Gasteiger partial charge in [0.2, 0.25) is 0 Å². The van der Waals surface area contributed by atoms with Gasteiger partial charge in [0.1, 0.15) is 11.5 Å². The van der Waals surface area contributed by atoms with Crippen LogP contribution >= 0.6 is 0 Å². The van der Waals surface area contributed by atoms with Crippen molar-refractivity contribution in [3.8, 4) is 22.6 Å². The van der Waals surface area contributed by atoms with E-state index in [1.807, 2.05) is 12.1 Å². The first-order chi connectivity index (χ1) is 21.4. The number of unbranched alkanes of at least 4 members (excludes halogenated alkanes) is 3. The van der Waals surface area contributed by atoms with Gasteiger partial charge >= 0.3 is 0 Å². The van der Waals surface area contributed by atoms with Gasteiger partial charge in [-0.2, -0.15) is 0 Å². The van der Waals surface area contributed by atoms with E-state index in [1.54, 1.807) is 7.11 Å². The highest BCUT2D eigenvalue weighted by atomic mass is 16.5. The van der Waals surface area contributed by atoms with Crippen LogP contribution in [0.1, 0.15) is 85.4 Å². The van der Waals surface area contributed by atoms with Crippen LogP contribution in [0.5, 0.6) is 11.5 Å². The number of benzene rings is 5. The molecule has 1 unspecified atom stereocenters. The summed E-state index contributed by atoms with van der Waals surface area (Å²) in [5, 5.41) is 2.40. The summed E-state index contributed by atoms with van der Waals surface area (Å²) >= 11 is 0. The van der Waals surface area contributed by atoms with Crippen LogP contribution in [-0.2, 0) is 17.4 Å². The third-order valence-corrected chi connectivity index (χ3v) is 9.92. The van der Waals surface area contributed by atoms with Gasteiger partial charge in [-0.1, -0.05) is 131 Å². The third kappa shape index (κ3) is 4.46. The van der Waals surface area contributed by atoms with Gasteiger partial charge in [0.05, 0.1) is 7.11 Å². The van der Waals surface area contributed by atoms with Gasteiger partial charge in [0.25, 0.3) is 0 Å². The molecule has 0 saturated heterocycles. The summed E-state index contributed by atoms with van der Waals surface area (Å²) in [6.07, 6.45) is 10.8. The van der Waals surface area contributed by atoms with Gasteiger partial charge in [-0.05, 0) is 71.2 Å². The van der Waals surface area contributed by atoms with Crippen molar-refractivity contribution in [1.82, 2.24) is 0 Å². The van der Waals surface area contributed by atoms with Crippen molar-refractivity contribution in [2.45, 2.75) is 70.8 Å². The zero-order valence-electron chi connectivity index (χ0n) is 26.7. The summed E-state index contributed by atoms with van der Waals surface area (Å²) in [6, 6.07) is 33.2. The van der Waals surface area contributed by atoms with Crippen molar-refractivity contribution in [2.24, 2.45) is 0 Å². The SMILES string of the molecule is CCCCCCc1ccc(C2(c3ccc(OC)cc3)C=Cc3c4c(c5ccccc5c3O2)-c2ccc(C)cc2C4(C)C)cc1. The molecule has 7 rings (SSSR count). The minimum atomic E-state index is -0.775. The molecule has 1 aliphatic heterocycles. The maximum Gasteiger partial charge on any atom is 0.178 e. The monoisotopic (exact) mass is 578 g/mol. The number of hydrogen-bond acceptors (Lipinski definition) is 2. The summed E-state index contributed by atoms with van der Waals surface area (Å²) in [4.78, 5) is 0. The van der Waals surface area contributed by atoms with Crippen LogP contribution in [0.2, 0.25) is 0 Å². The topological polar surface area (TPSA) is 18.5 Å². The molecule has 0 radical (unpaired) electrons. The Hall–Kier alpha value is -4.30. The molecular weight excluding hydrogens is 536 g/mol. The number of rotatable bonds is 8. The maximum absolute atomic E-state index is 7.44. The third-order valence-electron chi connectivity index (χ3n) is 9.92. The highest BCUT2D eigenvalue weighted by Gasteiger charge is 2.44. The molecule has 5 aromatic carbocycles. The summed E-state index contributed by atoms with van der Waals surface area (Å²) in [5.74, 6) is 1.79. The van der Waals surface area contributed by atoms with Crippen molar-refractivity contribution in [2.75, 3.05) is 7.11 Å². The number of ether oxygens (including phenoxy) is 2. The summed E-state index contributed by atoms with van der Waals surface area (Å²) in [6.45, 7) is 9.19. The van der Waals surface area contributed by atoms with Gasteiger partial charge in [0.15, 0.2) is 5.60 Å². The smallest absolute Gasteiger partial charge is 0.178 e. The number of methoxy groups -OCH3 is 1. The quantitative estimate of drug-likeness (QED) is 0.171. The van der Waals surface area contributed by atoms with Crippen LogP contribution in [0.25, 0.3) is 28.0 Å². The average molecular weight is 579 g/mol. The molecular formula is C42H42O2. The Morgan fingerprint density at radius 1 is 0.773 bits per heavy atom. The molecule has 2 aliphatic rings. The minimum absolute atomic E-state index is 0.155. The first kappa shape index (κ1) is 28.5. The van der Waals surface area contributed by atoms with Crippen LogP contribution in [0.15, 0.2) is 97.1 Å². The van der Waals surface area contributed by atoms with Crippen molar-refractivity contribution in [3.05, 3.63) is 136 Å². The van der Waals surface area contributed by atoms with E-state index in [0.717, 1.165) is 34.4 Å². The Kier molecular flexibility index (Phi) is 7.12. The zero-order chi connectivity index (χ0) is 30.5. The van der Waals surface area contributed by atoms with E-state index in [1.165, 1.54) is 70.0 Å². The fourth-order valence-corrected chi connectivity index (χ4v) is 7.54. The molecule has 0 amide bonds. The Morgan fingerprint density at radius 3 is 2.18 bits per heavy atom. The largest absolute Gasteiger partial charge is 0.497 e. The fourth-order valence-electron chi connectivity index (χ4n) is 7.54. The highest BCUT2D eigenvalue weighted by Crippen LogP contribution is 2.58. The molecule has 1 atom stereocenters. The first-order valence-electron chi connectivity index (χ1n) is 16.2. The molecule has 0 aromatic heterocycles. The average Bonchev–Trinajstić information content (AvgIpc) is 3.29. The first-order valence-corrected chi connectivity index (χ1v) is 16.2. The van der Waals surface area contributed by atoms with E-state index in [-0.39, 0.29) is 5.41 Å². The Labute approximate surface area is 262 Å². The van der Waals surface area contributed by atoms with E-state index in [4.69, 9.17) is 9.47 Å². The van der Waals surface area contributed by atoms with Crippen LogP contribution in [-0.4, -0.2) is 7.11 Å². The zero-order valence-corrected chi connectivity index (χ0v) is 26.7. The fraction of sp³-hybridized carbons (Fsp3) is 0.286. The lowest BCUT2D eigenvalue weighted by Crippen LogP contribution is -2.35. The lowest BCUT2D eigenvalue weighted by Gasteiger charge is -2.38. The van der Waals surface area contributed by atoms with E-state index in [0.29, 0.717) is 0 Å². The summed E-state index contributed by atoms with van der Waals surface area (Å²) < 4.78 is 13.0. The number of hydrogen-bond donors (Lipinski definition) is 0. The summed E-state index contributed by atoms with van der Waals surface area (Å²) in [5.41, 5.74) is 10.6. The van der Waals surface area contributed by atoms with Crippen LogP contribution in [0, 0.1) is 6.92 Å². The van der Waals surface area contributed by atoms with Crippen molar-refractivity contribution >= 4 is 16.8 Å². The molecule has 222 valence electrons. The molecule has 2 nitrogen and oxygen atoms in total. The standard InChI is InChI=1S/C42H42O2/c1-6-7-8-9-12-29-16-18-30(19-17-29)42(31-20-22-32(43-5)23-21-31)26-25-36-39-38(33-13-10-11-14-34(33)40(36)44-42)35-24-15-28(2)27-37(35)41(39,3)4/h10-11,13-27H,6-9,12H2,1-5H3. The minimum Gasteiger partial charge on any atom is -0.497 e. The molecule has 2 heteroatoms. The Bertz CT molecular complexity index is 1880. The lowest BCUT2D eigenvalue weighted by molar-refractivity contribution is 0.163. The van der Waals surface area contributed by atoms with E-state index >= 15 is 0 Å². The van der Waals surface area contributed by atoms with Crippen molar-refractivity contribution < 1.29 is 9.47 Å². The van der Waals surface area contributed by atoms with Crippen LogP contribution in [0.3, 0.4) is 0 Å². The Morgan fingerprint density at radius 2 is 1.48 bits per heavy atom. The van der Waals surface area contributed by atoms with E-state index < -0.39 is 5.60 Å². The predicted molar refractivity (Wildman–Crippen MR) is 184 cm³/mol. The van der Waals surface area contributed by atoms with Gasteiger partial charge in [-0.25, -0.2) is 0 Å². The second kappa shape index (κ2) is 11.0. The van der Waals surface area contributed by atoms with E-state index in [2.05, 4.69) is 119 Å². The van der Waals surface area contributed by atoms with Crippen molar-refractivity contribution in [1.29, 1.82) is 0 Å². The van der Waals surface area contributed by atoms with Gasteiger partial charge in [0, 0.05) is 27.5 Å². The molecule has 0 spiro atoms. The second-order valence-corrected chi connectivity index (χ2v) is 13.1. The molecule has 5 aromatic rings. The van der Waals surface area contributed by atoms with Gasteiger partial charge in [-0.3, -0.25) is 0 Å². The number of aryl methyl sites for hydroxylation is 2. The van der Waals surface area contributed by atoms with Crippen LogP contribution < -0.4 is 9.47 Å². The Balaban J connectivity index is 1.41. The molecule has 1 aliphatic carbocycles. The maximum atomic E-state index is 7.44. The van der Waals surface area contributed by atoms with Gasteiger partial charge in [-0.15, -0.1) is 0 Å². The lowest BCUT2D eigenvalue weighted by atomic mass is 9.76. The molecule has 1 heterocycles. The molecule has 0 bridgehead atoms. The van der Waals surface area contributed by atoms with Crippen LogP contribution in [0.4, 0.5) is 0 Å².